The molecule has 0 spiro atoms. The number of amides is 1. The number of nitrogens with two attached hydrogens (primary N) is 2. The van der Waals surface area contributed by atoms with Crippen molar-refractivity contribution < 1.29 is 24.9 Å². The third kappa shape index (κ3) is 2.09. The third-order valence-corrected chi connectivity index (χ3v) is 2.77. The number of nitrogens with one attached hydrogen (secondary N) is 1. The Balaban J connectivity index is 2.20. The molecule has 0 bridgehead atoms. The van der Waals surface area contributed by atoms with Gasteiger partial charge in [-0.1, -0.05) is 0 Å². The highest BCUT2D eigenvalue weighted by molar-refractivity contribution is 5.90. The van der Waals surface area contributed by atoms with Gasteiger partial charge >= 0.3 is 0 Å². The third-order valence-electron chi connectivity index (χ3n) is 2.77. The van der Waals surface area contributed by atoms with E-state index < -0.39 is 36.6 Å². The number of aromatic nitrogens is 2. The van der Waals surface area contributed by atoms with E-state index in [-0.39, 0.29) is 11.5 Å². The van der Waals surface area contributed by atoms with Crippen molar-refractivity contribution in [2.75, 3.05) is 0 Å². The molecule has 1 amide bonds. The quantitative estimate of drug-likeness (QED) is 0.313. The van der Waals surface area contributed by atoms with Gasteiger partial charge in [-0.3, -0.25) is 4.79 Å². The van der Waals surface area contributed by atoms with Gasteiger partial charge in [0.2, 0.25) is 0 Å². The van der Waals surface area contributed by atoms with E-state index in [0.717, 1.165) is 0 Å². The zero-order valence-corrected chi connectivity index (χ0v) is 9.22. The second kappa shape index (κ2) is 4.63. The summed E-state index contributed by atoms with van der Waals surface area (Å²) in [6, 6.07) is 0. The lowest BCUT2D eigenvalue weighted by Crippen LogP contribution is -2.43. The minimum atomic E-state index is -1.44. The minimum Gasteiger partial charge on any atom is -0.387 e. The zero-order valence-electron chi connectivity index (χ0n) is 9.22. The largest absolute Gasteiger partial charge is 0.387 e. The molecule has 100 valence electrons. The summed E-state index contributed by atoms with van der Waals surface area (Å²) >= 11 is 0. The lowest BCUT2D eigenvalue weighted by molar-refractivity contribution is -0.0648. The predicted molar refractivity (Wildman–Crippen MR) is 56.9 cm³/mol. The van der Waals surface area contributed by atoms with Crippen molar-refractivity contribution in [1.82, 2.24) is 9.97 Å². The molecule has 2 rings (SSSR count). The average molecular weight is 258 g/mol. The number of carbonyl (C=O) groups excluding carboxylic acids is 1. The second-order valence-corrected chi connectivity index (χ2v) is 4.04. The molecular formula is C9H14N4O5. The van der Waals surface area contributed by atoms with E-state index in [2.05, 4.69) is 9.97 Å². The summed E-state index contributed by atoms with van der Waals surface area (Å²) < 4.78 is 5.21. The van der Waals surface area contributed by atoms with Crippen molar-refractivity contribution in [3.63, 3.8) is 0 Å². The van der Waals surface area contributed by atoms with Gasteiger partial charge in [-0.25, -0.2) is 4.98 Å². The molecule has 1 fully saturated rings. The van der Waals surface area contributed by atoms with E-state index in [9.17, 15) is 20.1 Å². The Labute approximate surface area is 101 Å². The highest BCUT2D eigenvalue weighted by Gasteiger charge is 2.46. The van der Waals surface area contributed by atoms with E-state index >= 15 is 0 Å². The summed E-state index contributed by atoms with van der Waals surface area (Å²) in [5.41, 5.74) is 10.3. The molecule has 2 heterocycles. The topological polar surface area (TPSA) is 168 Å². The number of aliphatic hydroxyl groups excluding tert-OH is 3. The summed E-state index contributed by atoms with van der Waals surface area (Å²) in [5.74, 6) is -0.587. The molecule has 1 aliphatic heterocycles. The number of imidazole rings is 1. The van der Waals surface area contributed by atoms with Gasteiger partial charge in [-0.05, 0) is 0 Å². The number of rotatable bonds is 3. The molecule has 0 aromatic carbocycles. The fraction of sp³-hybridized carbons (Fsp3) is 0.556. The number of aliphatic hydroxyl groups is 3. The summed E-state index contributed by atoms with van der Waals surface area (Å²) in [6.07, 6.45) is -5.07. The van der Waals surface area contributed by atoms with E-state index in [1.807, 2.05) is 0 Å². The van der Waals surface area contributed by atoms with E-state index in [4.69, 9.17) is 16.2 Å². The maximum atomic E-state index is 10.9. The maximum absolute atomic E-state index is 10.9. The van der Waals surface area contributed by atoms with Crippen LogP contribution in [0.4, 0.5) is 0 Å². The fourth-order valence-electron chi connectivity index (χ4n) is 1.82. The first-order chi connectivity index (χ1) is 8.41. The highest BCUT2D eigenvalue weighted by Crippen LogP contribution is 2.32. The fourth-order valence-corrected chi connectivity index (χ4v) is 1.82. The van der Waals surface area contributed by atoms with Gasteiger partial charge < -0.3 is 36.5 Å². The van der Waals surface area contributed by atoms with Crippen LogP contribution in [0, 0.1) is 0 Å². The van der Waals surface area contributed by atoms with Crippen LogP contribution < -0.4 is 11.5 Å². The number of hydrogen-bond donors (Lipinski definition) is 6. The first kappa shape index (κ1) is 12.9. The van der Waals surface area contributed by atoms with Crippen molar-refractivity contribution >= 4 is 5.91 Å². The van der Waals surface area contributed by atoms with Gasteiger partial charge in [0, 0.05) is 0 Å². The number of aromatic amines is 1. The predicted octanol–water partition coefficient (Wildman–Crippen LogP) is -3.05. The van der Waals surface area contributed by atoms with Crippen LogP contribution in [0.25, 0.3) is 0 Å². The molecule has 2 unspecified atom stereocenters. The maximum Gasteiger partial charge on any atom is 0.266 e. The van der Waals surface area contributed by atoms with E-state index in [1.165, 1.54) is 6.20 Å². The Bertz CT molecular complexity index is 448. The Morgan fingerprint density at radius 3 is 2.61 bits per heavy atom. The molecule has 0 aliphatic carbocycles. The molecule has 8 N–H and O–H groups in total. The van der Waals surface area contributed by atoms with E-state index in [1.54, 1.807) is 0 Å². The smallest absolute Gasteiger partial charge is 0.266 e. The number of H-pyrrole nitrogens is 1. The SMILES string of the molecule is NC(=O)c1cnc(C2O[C@H](C(N)O)[C@@H](O)[C@H]2O)[nH]1. The molecule has 18 heavy (non-hydrogen) atoms. The molecule has 0 saturated carbocycles. The molecule has 1 aromatic rings. The minimum absolute atomic E-state index is 0.0482. The number of primary amides is 1. The second-order valence-electron chi connectivity index (χ2n) is 4.04. The first-order valence-electron chi connectivity index (χ1n) is 5.21. The summed E-state index contributed by atoms with van der Waals surface area (Å²) in [4.78, 5) is 17.3. The average Bonchev–Trinajstić information content (AvgIpc) is 2.86. The summed E-state index contributed by atoms with van der Waals surface area (Å²) in [5, 5.41) is 28.6. The van der Waals surface area contributed by atoms with Gasteiger partial charge in [0.25, 0.3) is 5.91 Å². The van der Waals surface area contributed by atoms with Crippen LogP contribution >= 0.6 is 0 Å². The standard InChI is InChI=1S/C9H14N4O5/c10-7(16)2-1-12-9(13-2)6-4(15)3(14)5(18-6)8(11)17/h1,3-6,8,14-15,17H,11H2,(H2,10,16)(H,12,13)/t3-,4+,5-,6?,8?/m0/s1. The molecule has 1 aliphatic rings. The Kier molecular flexibility index (Phi) is 3.32. The molecule has 9 heteroatoms. The first-order valence-corrected chi connectivity index (χ1v) is 5.21. The van der Waals surface area contributed by atoms with Gasteiger partial charge in [0.05, 0.1) is 6.20 Å². The molecule has 1 saturated heterocycles. The van der Waals surface area contributed by atoms with Crippen LogP contribution in [0.2, 0.25) is 0 Å². The van der Waals surface area contributed by atoms with Crippen LogP contribution in [-0.4, -0.2) is 55.7 Å². The Hall–Kier alpha value is -1.52. The molecule has 0 radical (unpaired) electrons. The number of nitrogens with zero attached hydrogens (tertiary/aromatic N) is 1. The zero-order chi connectivity index (χ0) is 13.4. The monoisotopic (exact) mass is 258 g/mol. The van der Waals surface area contributed by atoms with Crippen LogP contribution in [0.1, 0.15) is 22.4 Å². The van der Waals surface area contributed by atoms with Crippen LogP contribution in [0.3, 0.4) is 0 Å². The Morgan fingerprint density at radius 2 is 2.17 bits per heavy atom. The lowest BCUT2D eigenvalue weighted by Gasteiger charge is -2.16. The van der Waals surface area contributed by atoms with Crippen LogP contribution in [0.15, 0.2) is 6.20 Å². The molecule has 1 aromatic heterocycles. The van der Waals surface area contributed by atoms with Gasteiger partial charge in [-0.15, -0.1) is 0 Å². The highest BCUT2D eigenvalue weighted by atomic mass is 16.6. The lowest BCUT2D eigenvalue weighted by atomic mass is 10.1. The van der Waals surface area contributed by atoms with Gasteiger partial charge in [-0.2, -0.15) is 0 Å². The van der Waals surface area contributed by atoms with Gasteiger partial charge in [0.15, 0.2) is 0 Å². The number of ether oxygens (including phenoxy) is 1. The number of carbonyl (C=O) groups is 1. The molecule has 5 atom stereocenters. The van der Waals surface area contributed by atoms with Crippen LogP contribution in [-0.2, 0) is 4.74 Å². The summed E-state index contributed by atoms with van der Waals surface area (Å²) in [7, 11) is 0. The molecule has 9 nitrogen and oxygen atoms in total. The van der Waals surface area contributed by atoms with E-state index in [0.29, 0.717) is 0 Å². The van der Waals surface area contributed by atoms with Crippen molar-refractivity contribution in [3.05, 3.63) is 17.7 Å². The van der Waals surface area contributed by atoms with Crippen molar-refractivity contribution in [1.29, 1.82) is 0 Å². The summed E-state index contributed by atoms with van der Waals surface area (Å²) in [6.45, 7) is 0. The Morgan fingerprint density at radius 1 is 1.50 bits per heavy atom. The van der Waals surface area contributed by atoms with Crippen molar-refractivity contribution in [2.45, 2.75) is 30.6 Å². The molecular weight excluding hydrogens is 244 g/mol. The van der Waals surface area contributed by atoms with Crippen molar-refractivity contribution in [2.24, 2.45) is 11.5 Å². The van der Waals surface area contributed by atoms with Crippen LogP contribution in [0.5, 0.6) is 0 Å². The van der Waals surface area contributed by atoms with Crippen molar-refractivity contribution in [3.8, 4) is 0 Å². The number of hydrogen-bond acceptors (Lipinski definition) is 7. The normalized spacial score (nSPS) is 33.6. The van der Waals surface area contributed by atoms with Gasteiger partial charge in [0.1, 0.15) is 42.2 Å².